The fourth-order valence-electron chi connectivity index (χ4n) is 3.06. The van der Waals surface area contributed by atoms with Crippen LogP contribution in [0.3, 0.4) is 0 Å². The molecule has 138 valence electrons. The van der Waals surface area contributed by atoms with Crippen molar-refractivity contribution in [3.05, 3.63) is 114 Å². The van der Waals surface area contributed by atoms with Gasteiger partial charge in [0.1, 0.15) is 0 Å². The molecule has 3 aromatic carbocycles. The number of hydrogen-bond acceptors (Lipinski definition) is 3. The van der Waals surface area contributed by atoms with Crippen LogP contribution in [0.15, 0.2) is 97.1 Å². The monoisotopic (exact) mass is 359 g/mol. The van der Waals surface area contributed by atoms with Crippen molar-refractivity contribution in [2.45, 2.75) is 18.2 Å². The number of nitrogens with one attached hydrogen (secondary N) is 1. The Morgan fingerprint density at radius 2 is 1.22 bits per heavy atom. The van der Waals surface area contributed by atoms with E-state index in [9.17, 15) is 10.2 Å². The van der Waals surface area contributed by atoms with Crippen LogP contribution in [-0.2, 0) is 0 Å². The molecule has 0 radical (unpaired) electrons. The largest absolute Gasteiger partial charge is 0.394 e. The molecule has 0 bridgehead atoms. The second-order valence-electron chi connectivity index (χ2n) is 6.47. The topological polar surface area (TPSA) is 52.5 Å². The van der Waals surface area contributed by atoms with Crippen LogP contribution in [0.1, 0.15) is 22.7 Å². The summed E-state index contributed by atoms with van der Waals surface area (Å²) in [6.45, 7) is -0.312. The highest BCUT2D eigenvalue weighted by atomic mass is 16.3. The third kappa shape index (κ3) is 5.38. The lowest BCUT2D eigenvalue weighted by Gasteiger charge is -2.27. The molecule has 0 heterocycles. The van der Waals surface area contributed by atoms with Gasteiger partial charge in [0.25, 0.3) is 0 Å². The van der Waals surface area contributed by atoms with Crippen molar-refractivity contribution in [2.75, 3.05) is 6.61 Å². The first-order chi connectivity index (χ1) is 13.3. The summed E-state index contributed by atoms with van der Waals surface area (Å²) < 4.78 is 0. The van der Waals surface area contributed by atoms with Gasteiger partial charge >= 0.3 is 0 Å². The average molecular weight is 359 g/mol. The molecule has 0 aliphatic carbocycles. The van der Waals surface area contributed by atoms with E-state index >= 15 is 0 Å². The fourth-order valence-corrected chi connectivity index (χ4v) is 3.06. The van der Waals surface area contributed by atoms with Crippen LogP contribution in [0.4, 0.5) is 0 Å². The molecule has 3 N–H and O–H groups in total. The van der Waals surface area contributed by atoms with Crippen molar-refractivity contribution in [3.63, 3.8) is 0 Å². The Kier molecular flexibility index (Phi) is 6.94. The molecule has 0 saturated carbocycles. The third-order valence-electron chi connectivity index (χ3n) is 4.52. The Hall–Kier alpha value is -2.72. The summed E-state index contributed by atoms with van der Waals surface area (Å²) in [5, 5.41) is 23.4. The van der Waals surface area contributed by atoms with Gasteiger partial charge in [-0.2, -0.15) is 0 Å². The van der Waals surface area contributed by atoms with Gasteiger partial charge in [-0.05, 0) is 16.7 Å². The van der Waals surface area contributed by atoms with E-state index in [1.54, 1.807) is 0 Å². The summed E-state index contributed by atoms with van der Waals surface area (Å²) in [5.41, 5.74) is 3.25. The molecule has 0 aromatic heterocycles. The molecule has 3 heteroatoms. The van der Waals surface area contributed by atoms with Crippen LogP contribution < -0.4 is 5.32 Å². The summed E-state index contributed by atoms with van der Waals surface area (Å²) >= 11 is 0. The van der Waals surface area contributed by atoms with E-state index in [0.29, 0.717) is 0 Å². The molecular formula is C24H25NO2. The highest BCUT2D eigenvalue weighted by Gasteiger charge is 2.22. The molecule has 0 spiro atoms. The maximum absolute atomic E-state index is 10.4. The Morgan fingerprint density at radius 3 is 1.70 bits per heavy atom. The minimum atomic E-state index is -0.903. The van der Waals surface area contributed by atoms with E-state index in [-0.39, 0.29) is 12.6 Å². The molecule has 2 atom stereocenters. The summed E-state index contributed by atoms with van der Waals surface area (Å²) in [6, 6.07) is 29.7. The zero-order valence-electron chi connectivity index (χ0n) is 15.1. The van der Waals surface area contributed by atoms with Crippen molar-refractivity contribution < 1.29 is 10.2 Å². The van der Waals surface area contributed by atoms with Crippen molar-refractivity contribution in [2.24, 2.45) is 0 Å². The summed E-state index contributed by atoms with van der Waals surface area (Å²) in [6.07, 6.45) is 2.97. The Balaban J connectivity index is 1.89. The summed E-state index contributed by atoms with van der Waals surface area (Å²) in [4.78, 5) is 0. The van der Waals surface area contributed by atoms with Crippen LogP contribution in [0, 0.1) is 0 Å². The molecule has 3 nitrogen and oxygen atoms in total. The minimum Gasteiger partial charge on any atom is -0.394 e. The van der Waals surface area contributed by atoms with Gasteiger partial charge in [-0.3, -0.25) is 5.32 Å². The van der Waals surface area contributed by atoms with Gasteiger partial charge < -0.3 is 10.2 Å². The second-order valence-corrected chi connectivity index (χ2v) is 6.47. The summed E-state index contributed by atoms with van der Waals surface area (Å²) in [7, 11) is 0. The van der Waals surface area contributed by atoms with Crippen LogP contribution >= 0.6 is 0 Å². The lowest BCUT2D eigenvalue weighted by Crippen LogP contribution is -2.42. The minimum absolute atomic E-state index is 0.0981. The van der Waals surface area contributed by atoms with Crippen molar-refractivity contribution in [1.82, 2.24) is 5.32 Å². The Bertz CT molecular complexity index is 779. The van der Waals surface area contributed by atoms with Gasteiger partial charge in [-0.1, -0.05) is 103 Å². The number of aliphatic hydroxyl groups excluding tert-OH is 2. The number of hydrogen-bond donors (Lipinski definition) is 3. The van der Waals surface area contributed by atoms with Crippen molar-refractivity contribution in [3.8, 4) is 0 Å². The Morgan fingerprint density at radius 1 is 0.741 bits per heavy atom. The number of aliphatic hydroxyl groups is 2. The predicted molar refractivity (Wildman–Crippen MR) is 110 cm³/mol. The van der Waals surface area contributed by atoms with Gasteiger partial charge in [0.15, 0.2) is 0 Å². The predicted octanol–water partition coefficient (Wildman–Crippen LogP) is 3.80. The fraction of sp³-hybridized carbons (Fsp3) is 0.167. The molecule has 0 unspecified atom stereocenters. The molecule has 27 heavy (non-hydrogen) atoms. The van der Waals surface area contributed by atoms with Crippen molar-refractivity contribution in [1.29, 1.82) is 0 Å². The molecule has 0 amide bonds. The first-order valence-corrected chi connectivity index (χ1v) is 9.16. The molecule has 3 aromatic rings. The van der Waals surface area contributed by atoms with Crippen molar-refractivity contribution >= 4 is 6.08 Å². The lowest BCUT2D eigenvalue weighted by atomic mass is 9.96. The smallest absolute Gasteiger partial charge is 0.0959 e. The van der Waals surface area contributed by atoms with Crippen LogP contribution in [0.5, 0.6) is 0 Å². The maximum atomic E-state index is 10.4. The normalized spacial score (nSPS) is 13.7. The van der Waals surface area contributed by atoms with Crippen LogP contribution in [-0.4, -0.2) is 29.0 Å². The van der Waals surface area contributed by atoms with Gasteiger partial charge in [-0.25, -0.2) is 0 Å². The van der Waals surface area contributed by atoms with E-state index in [0.717, 1.165) is 16.7 Å². The summed E-state index contributed by atoms with van der Waals surface area (Å²) in [5.74, 6) is 0. The van der Waals surface area contributed by atoms with E-state index in [2.05, 4.69) is 29.6 Å². The molecule has 0 fully saturated rings. The Labute approximate surface area is 160 Å². The van der Waals surface area contributed by atoms with Crippen LogP contribution in [0.25, 0.3) is 6.08 Å². The van der Waals surface area contributed by atoms with Gasteiger partial charge in [-0.15, -0.1) is 0 Å². The second kappa shape index (κ2) is 9.83. The third-order valence-corrected chi connectivity index (χ3v) is 4.52. The zero-order valence-corrected chi connectivity index (χ0v) is 15.1. The van der Waals surface area contributed by atoms with Gasteiger partial charge in [0, 0.05) is 0 Å². The highest BCUT2D eigenvalue weighted by Crippen LogP contribution is 2.23. The standard InChI is InChI=1S/C24H25NO2/c26-18-23(27)22(17-16-19-10-4-1-5-11-19)25-24(20-12-6-2-7-13-20)21-14-8-3-9-15-21/h1-17,22-27H,18H2/t22-,23+/m0/s1. The van der Waals surface area contributed by atoms with E-state index < -0.39 is 12.1 Å². The lowest BCUT2D eigenvalue weighted by molar-refractivity contribution is 0.0738. The van der Waals surface area contributed by atoms with Gasteiger partial charge in [0.2, 0.25) is 0 Å². The van der Waals surface area contributed by atoms with E-state index in [1.807, 2.05) is 78.9 Å². The van der Waals surface area contributed by atoms with E-state index in [1.165, 1.54) is 0 Å². The molecular weight excluding hydrogens is 334 g/mol. The first-order valence-electron chi connectivity index (χ1n) is 9.16. The molecule has 0 aliphatic rings. The quantitative estimate of drug-likeness (QED) is 0.573. The van der Waals surface area contributed by atoms with Gasteiger partial charge in [0.05, 0.1) is 24.8 Å². The first kappa shape index (κ1) is 19.1. The number of benzene rings is 3. The maximum Gasteiger partial charge on any atom is 0.0959 e. The van der Waals surface area contributed by atoms with E-state index in [4.69, 9.17) is 0 Å². The molecule has 0 aliphatic heterocycles. The highest BCUT2D eigenvalue weighted by molar-refractivity contribution is 5.49. The zero-order chi connectivity index (χ0) is 18.9. The molecule has 0 saturated heterocycles. The molecule has 3 rings (SSSR count). The SMILES string of the molecule is OC[C@@H](O)[C@H](C=Cc1ccccc1)NC(c1ccccc1)c1ccccc1. The average Bonchev–Trinajstić information content (AvgIpc) is 2.75. The number of rotatable bonds is 8. The van der Waals surface area contributed by atoms with Crippen LogP contribution in [0.2, 0.25) is 0 Å².